The van der Waals surface area contributed by atoms with Crippen molar-refractivity contribution in [3.05, 3.63) is 46.4 Å². The smallest absolute Gasteiger partial charge is 0.261 e. The van der Waals surface area contributed by atoms with Crippen LogP contribution in [0.2, 0.25) is 5.02 Å². The quantitative estimate of drug-likeness (QED) is 0.758. The summed E-state index contributed by atoms with van der Waals surface area (Å²) in [6.07, 6.45) is 1.36. The summed E-state index contributed by atoms with van der Waals surface area (Å²) in [7, 11) is 0. The highest BCUT2D eigenvalue weighted by molar-refractivity contribution is 7.80. The molecular formula is C11H8ClFN4OS. The average molecular weight is 299 g/mol. The number of rotatable bonds is 3. The summed E-state index contributed by atoms with van der Waals surface area (Å²) in [5.41, 5.74) is 5.55. The molecule has 0 saturated carbocycles. The number of nitrogens with zero attached hydrogens (tertiary/aromatic N) is 1. The first-order chi connectivity index (χ1) is 9.00. The van der Waals surface area contributed by atoms with Crippen LogP contribution in [0.25, 0.3) is 0 Å². The fraction of sp³-hybridized carbons (Fsp3) is 0. The minimum Gasteiger partial charge on any atom is -0.389 e. The van der Waals surface area contributed by atoms with Crippen molar-refractivity contribution in [2.45, 2.75) is 0 Å². The predicted molar refractivity (Wildman–Crippen MR) is 73.8 cm³/mol. The Bertz CT molecular complexity index is 638. The van der Waals surface area contributed by atoms with Crippen LogP contribution in [0, 0.1) is 5.82 Å². The van der Waals surface area contributed by atoms with Gasteiger partial charge in [0, 0.05) is 0 Å². The predicted octanol–water partition coefficient (Wildman–Crippen LogP) is 2.09. The van der Waals surface area contributed by atoms with Gasteiger partial charge in [-0.3, -0.25) is 9.89 Å². The summed E-state index contributed by atoms with van der Waals surface area (Å²) in [6.45, 7) is 0. The van der Waals surface area contributed by atoms with Crippen molar-refractivity contribution >= 4 is 40.5 Å². The zero-order valence-electron chi connectivity index (χ0n) is 9.41. The number of H-pyrrole nitrogens is 1. The van der Waals surface area contributed by atoms with E-state index in [1.54, 1.807) is 0 Å². The number of aromatic amines is 1. The molecule has 4 N–H and O–H groups in total. The van der Waals surface area contributed by atoms with Crippen molar-refractivity contribution < 1.29 is 9.18 Å². The lowest BCUT2D eigenvalue weighted by Crippen LogP contribution is -2.18. The molecule has 0 spiro atoms. The second kappa shape index (κ2) is 5.33. The third-order valence-electron chi connectivity index (χ3n) is 2.33. The Hall–Kier alpha value is -1.99. The Balaban J connectivity index is 2.31. The number of carbonyl (C=O) groups excluding carboxylic acids is 1. The summed E-state index contributed by atoms with van der Waals surface area (Å²) in [4.78, 5) is 12.0. The molecule has 0 bridgehead atoms. The van der Waals surface area contributed by atoms with Gasteiger partial charge >= 0.3 is 0 Å². The lowest BCUT2D eigenvalue weighted by Gasteiger charge is -2.07. The molecule has 19 heavy (non-hydrogen) atoms. The molecule has 5 nitrogen and oxygen atoms in total. The van der Waals surface area contributed by atoms with Crippen molar-refractivity contribution in [3.63, 3.8) is 0 Å². The number of hydrogen-bond donors (Lipinski definition) is 3. The number of thiocarbonyl (C=S) groups is 1. The van der Waals surface area contributed by atoms with E-state index in [-0.39, 0.29) is 21.4 Å². The maximum absolute atomic E-state index is 13.6. The number of benzene rings is 1. The average Bonchev–Trinajstić information content (AvgIpc) is 2.76. The fourth-order valence-corrected chi connectivity index (χ4v) is 1.86. The van der Waals surface area contributed by atoms with Crippen LogP contribution in [0.1, 0.15) is 15.9 Å². The van der Waals surface area contributed by atoms with E-state index in [0.29, 0.717) is 5.56 Å². The third-order valence-corrected chi connectivity index (χ3v) is 2.87. The number of nitrogens with two attached hydrogens (primary N) is 1. The largest absolute Gasteiger partial charge is 0.389 e. The van der Waals surface area contributed by atoms with Crippen LogP contribution in [0.5, 0.6) is 0 Å². The minimum atomic E-state index is -0.721. The highest BCUT2D eigenvalue weighted by Gasteiger charge is 2.18. The Morgan fingerprint density at radius 2 is 2.26 bits per heavy atom. The molecule has 98 valence electrons. The van der Waals surface area contributed by atoms with E-state index in [2.05, 4.69) is 15.5 Å². The van der Waals surface area contributed by atoms with E-state index in [1.165, 1.54) is 18.3 Å². The number of amides is 1. The molecule has 2 rings (SSSR count). The Kier molecular flexibility index (Phi) is 3.77. The summed E-state index contributed by atoms with van der Waals surface area (Å²) in [5.74, 6) is -1.25. The second-order valence-electron chi connectivity index (χ2n) is 3.57. The van der Waals surface area contributed by atoms with Crippen molar-refractivity contribution in [1.82, 2.24) is 10.2 Å². The van der Waals surface area contributed by atoms with Gasteiger partial charge in [-0.1, -0.05) is 29.9 Å². The van der Waals surface area contributed by atoms with Crippen LogP contribution in [0.15, 0.2) is 24.4 Å². The first-order valence-electron chi connectivity index (χ1n) is 5.09. The molecule has 0 fully saturated rings. The molecule has 0 aliphatic heterocycles. The van der Waals surface area contributed by atoms with Crippen LogP contribution in [-0.4, -0.2) is 21.1 Å². The third kappa shape index (κ3) is 2.72. The van der Waals surface area contributed by atoms with Gasteiger partial charge in [0.15, 0.2) is 0 Å². The minimum absolute atomic E-state index is 0.00823. The summed E-state index contributed by atoms with van der Waals surface area (Å²) < 4.78 is 13.6. The van der Waals surface area contributed by atoms with E-state index < -0.39 is 11.7 Å². The van der Waals surface area contributed by atoms with Crippen LogP contribution in [-0.2, 0) is 0 Å². The highest BCUT2D eigenvalue weighted by atomic mass is 35.5. The molecule has 0 atom stereocenters. The van der Waals surface area contributed by atoms with Crippen LogP contribution >= 0.6 is 23.8 Å². The van der Waals surface area contributed by atoms with Crippen LogP contribution < -0.4 is 11.1 Å². The zero-order valence-corrected chi connectivity index (χ0v) is 11.0. The van der Waals surface area contributed by atoms with Crippen molar-refractivity contribution in [2.75, 3.05) is 5.32 Å². The van der Waals surface area contributed by atoms with Gasteiger partial charge < -0.3 is 11.1 Å². The number of hydrogen-bond acceptors (Lipinski definition) is 3. The first kappa shape index (κ1) is 13.4. The van der Waals surface area contributed by atoms with Crippen molar-refractivity contribution in [1.29, 1.82) is 0 Å². The van der Waals surface area contributed by atoms with E-state index in [1.807, 2.05) is 0 Å². The molecule has 1 aromatic carbocycles. The molecule has 1 heterocycles. The molecule has 0 aliphatic carbocycles. The Labute approximate surface area is 117 Å². The first-order valence-corrected chi connectivity index (χ1v) is 5.88. The van der Waals surface area contributed by atoms with Gasteiger partial charge in [-0.25, -0.2) is 4.39 Å². The summed E-state index contributed by atoms with van der Waals surface area (Å²) in [5, 5.41) is 8.64. The van der Waals surface area contributed by atoms with Gasteiger partial charge in [0.05, 0.1) is 22.3 Å². The summed E-state index contributed by atoms with van der Waals surface area (Å²) >= 11 is 10.6. The van der Waals surface area contributed by atoms with E-state index in [4.69, 9.17) is 29.6 Å². The molecule has 8 heteroatoms. The Morgan fingerprint density at radius 3 is 2.89 bits per heavy atom. The molecule has 0 saturated heterocycles. The molecular weight excluding hydrogens is 291 g/mol. The number of anilines is 1. The topological polar surface area (TPSA) is 83.8 Å². The number of halogens is 2. The molecule has 0 unspecified atom stereocenters. The van der Waals surface area contributed by atoms with Gasteiger partial charge in [-0.2, -0.15) is 5.10 Å². The van der Waals surface area contributed by atoms with E-state index in [0.717, 1.165) is 6.07 Å². The van der Waals surface area contributed by atoms with Gasteiger partial charge in [0.2, 0.25) is 0 Å². The molecule has 1 aromatic heterocycles. The lowest BCUT2D eigenvalue weighted by molar-refractivity contribution is 0.102. The standard InChI is InChI=1S/C11H8ClFN4OS/c12-6-2-1-3-7(13)8(6)11(18)16-10-5(9(14)19)4-15-17-10/h1-4H,(H2,14,19)(H2,15,16,17,18). The second-order valence-corrected chi connectivity index (χ2v) is 4.42. The van der Waals surface area contributed by atoms with Gasteiger partial charge in [0.1, 0.15) is 16.6 Å². The summed E-state index contributed by atoms with van der Waals surface area (Å²) in [6, 6.07) is 3.97. The van der Waals surface area contributed by atoms with E-state index in [9.17, 15) is 9.18 Å². The monoisotopic (exact) mass is 298 g/mol. The van der Waals surface area contributed by atoms with E-state index >= 15 is 0 Å². The highest BCUT2D eigenvalue weighted by Crippen LogP contribution is 2.21. The molecule has 0 radical (unpaired) electrons. The zero-order chi connectivity index (χ0) is 14.0. The fourth-order valence-electron chi connectivity index (χ4n) is 1.46. The molecule has 2 aromatic rings. The number of nitrogens with one attached hydrogen (secondary N) is 2. The van der Waals surface area contributed by atoms with Crippen molar-refractivity contribution in [2.24, 2.45) is 5.73 Å². The van der Waals surface area contributed by atoms with Crippen LogP contribution in [0.3, 0.4) is 0 Å². The molecule has 1 amide bonds. The number of aromatic nitrogens is 2. The van der Waals surface area contributed by atoms with Gasteiger partial charge in [0.25, 0.3) is 5.91 Å². The van der Waals surface area contributed by atoms with Gasteiger partial charge in [-0.05, 0) is 12.1 Å². The maximum Gasteiger partial charge on any atom is 0.261 e. The lowest BCUT2D eigenvalue weighted by atomic mass is 10.2. The SMILES string of the molecule is NC(=S)c1cn[nH]c1NC(=O)c1c(F)cccc1Cl. The number of carbonyl (C=O) groups is 1. The maximum atomic E-state index is 13.6. The molecule has 0 aliphatic rings. The van der Waals surface area contributed by atoms with Gasteiger partial charge in [-0.15, -0.1) is 0 Å². The van der Waals surface area contributed by atoms with Crippen molar-refractivity contribution in [3.8, 4) is 0 Å². The van der Waals surface area contributed by atoms with Crippen LogP contribution in [0.4, 0.5) is 10.2 Å². The Morgan fingerprint density at radius 1 is 1.53 bits per heavy atom. The normalized spacial score (nSPS) is 10.2.